The maximum Gasteiger partial charge on any atom is 0.146 e. The van der Waals surface area contributed by atoms with Crippen molar-refractivity contribution in [2.75, 3.05) is 52.5 Å². The van der Waals surface area contributed by atoms with Crippen molar-refractivity contribution in [2.24, 2.45) is 0 Å². The fourth-order valence-electron chi connectivity index (χ4n) is 12.1. The van der Waals surface area contributed by atoms with Gasteiger partial charge in [0.05, 0.1) is 19.4 Å². The standard InChI is InChI=1S/C25H30P.C25H29P.C18H15P.C14H26O2.C7H15Br.C7H12O3.BrH/c2*1-2-3-4-5-15-22-26(23-16-9-6-10-17-23,24-18-11-7-12-19-24)25-20-13-8-14-21-25;1-4-10-16(11-5-1)19(17-12-6-2-7-13-17)18-14-8-3-9-15-18;1-3-4-5-6-7-8-9-10-11-12-13-16-14-15-2;1-2-3-4-5-6-7-8;1-9-7-10-6-4-2-3-5-8;/h6-14,16-21H,2-5,15,22H2,1H3;6-14,16-22H,2-5,15H2,1H3;1-15H;8-11H,3-7,12-14H2,1-2H3;2-7H2,1H3;2-3,5H,4,6-7H2,1H3;1H/q+1;;;;;;/p-1/b;;;9-8-,11-10+;;3-2+;. The first kappa shape index (κ1) is 94.0. The highest BCUT2D eigenvalue weighted by Crippen LogP contribution is 2.56. The Morgan fingerprint density at radius 2 is 0.642 bits per heavy atom. The molecule has 5 nitrogen and oxygen atoms in total. The molecule has 0 bridgehead atoms. The molecule has 0 aromatic heterocycles. The highest BCUT2D eigenvalue weighted by atomic mass is 79.9. The molecule has 0 fully saturated rings. The van der Waals surface area contributed by atoms with Crippen LogP contribution < -0.4 is 64.7 Å². The van der Waals surface area contributed by atoms with Crippen LogP contribution in [0.5, 0.6) is 0 Å². The topological polar surface area (TPSA) is 54.0 Å². The van der Waals surface area contributed by atoms with Crippen molar-refractivity contribution in [1.82, 2.24) is 0 Å². The molecule has 9 aromatic carbocycles. The van der Waals surface area contributed by atoms with Gasteiger partial charge in [0.1, 0.15) is 43.0 Å². The van der Waals surface area contributed by atoms with E-state index in [9.17, 15) is 4.79 Å². The Labute approximate surface area is 664 Å². The highest BCUT2D eigenvalue weighted by molar-refractivity contribution is 9.09. The zero-order valence-electron chi connectivity index (χ0n) is 65.0. The quantitative estimate of drug-likeness (QED) is 0.00726. The highest BCUT2D eigenvalue weighted by Gasteiger charge is 2.44. The predicted molar refractivity (Wildman–Crippen MR) is 474 cm³/mol. The number of carbonyl (C=O) groups is 1. The van der Waals surface area contributed by atoms with E-state index in [-0.39, 0.29) is 17.0 Å². The zero-order valence-corrected chi connectivity index (χ0v) is 70.9. The van der Waals surface area contributed by atoms with E-state index < -0.39 is 22.1 Å². The minimum Gasteiger partial charge on any atom is -1.00 e. The number of carbonyl (C=O) groups excluding carboxylic acids is 1. The van der Waals surface area contributed by atoms with Crippen LogP contribution in [0.2, 0.25) is 0 Å². The second-order valence-electron chi connectivity index (χ2n) is 25.6. The number of aldehydes is 1. The van der Waals surface area contributed by atoms with Crippen LogP contribution in [-0.2, 0) is 23.7 Å². The van der Waals surface area contributed by atoms with Crippen molar-refractivity contribution in [2.45, 2.75) is 169 Å². The third-order valence-electron chi connectivity index (χ3n) is 17.5. The molecule has 0 aliphatic carbocycles. The van der Waals surface area contributed by atoms with Crippen LogP contribution in [-0.4, -0.2) is 64.6 Å². The number of halogens is 2. The third-order valence-corrected chi connectivity index (χ3v) is 29.2. The van der Waals surface area contributed by atoms with Gasteiger partial charge in [-0.25, -0.2) is 0 Å². The lowest BCUT2D eigenvalue weighted by Gasteiger charge is -2.29. The lowest BCUT2D eigenvalue weighted by molar-refractivity contribution is -0.104. The Morgan fingerprint density at radius 3 is 0.972 bits per heavy atom. The Balaban J connectivity index is 0.000000344. The molecule has 0 saturated carbocycles. The summed E-state index contributed by atoms with van der Waals surface area (Å²) in [5.74, 6) is 2.66. The minimum atomic E-state index is -1.73. The second-order valence-corrected chi connectivity index (χ2v) is 35.6. The number of hydrogen-bond acceptors (Lipinski definition) is 5. The van der Waals surface area contributed by atoms with E-state index in [4.69, 9.17) is 14.2 Å². The number of rotatable bonds is 42. The third kappa shape index (κ3) is 38.3. The molecule has 10 heteroatoms. The normalized spacial score (nSPS) is 11.0. The number of alkyl halides is 1. The molecular formula is C96H127Br2O5P3. The van der Waals surface area contributed by atoms with Gasteiger partial charge in [-0.1, -0.05) is 400 Å². The maximum atomic E-state index is 9.74. The summed E-state index contributed by atoms with van der Waals surface area (Å²) in [6, 6.07) is 99.4. The number of allylic oxidation sites excluding steroid dienone is 4. The Hall–Kier alpha value is -6.17. The van der Waals surface area contributed by atoms with Gasteiger partial charge in [0.2, 0.25) is 0 Å². The summed E-state index contributed by atoms with van der Waals surface area (Å²) < 4.78 is 19.5. The van der Waals surface area contributed by atoms with Crippen LogP contribution in [0, 0.1) is 0 Å². The van der Waals surface area contributed by atoms with E-state index in [2.05, 4.69) is 351 Å². The number of methoxy groups -OCH3 is 2. The average molecular weight is 1610 g/mol. The first-order chi connectivity index (χ1) is 51.9. The summed E-state index contributed by atoms with van der Waals surface area (Å²) in [7, 11) is 1.16. The first-order valence-electron chi connectivity index (χ1n) is 39.0. The summed E-state index contributed by atoms with van der Waals surface area (Å²) in [6.07, 6.45) is 42.0. The zero-order chi connectivity index (χ0) is 74.9. The van der Waals surface area contributed by atoms with Gasteiger partial charge in [0.25, 0.3) is 0 Å². The van der Waals surface area contributed by atoms with Crippen molar-refractivity contribution < 1.29 is 40.7 Å². The van der Waals surface area contributed by atoms with Crippen molar-refractivity contribution >= 4 is 97.8 Å². The van der Waals surface area contributed by atoms with Crippen LogP contribution in [0.1, 0.15) is 169 Å². The van der Waals surface area contributed by atoms with Crippen molar-refractivity contribution in [3.05, 3.63) is 309 Å². The molecule has 0 spiro atoms. The van der Waals surface area contributed by atoms with Crippen molar-refractivity contribution in [3.8, 4) is 0 Å². The van der Waals surface area contributed by atoms with E-state index in [0.717, 1.165) is 25.7 Å². The summed E-state index contributed by atoms with van der Waals surface area (Å²) >= 11 is 3.40. The van der Waals surface area contributed by atoms with E-state index in [1.807, 2.05) is 0 Å². The van der Waals surface area contributed by atoms with Crippen molar-refractivity contribution in [1.29, 1.82) is 0 Å². The van der Waals surface area contributed by atoms with Crippen LogP contribution in [0.15, 0.2) is 309 Å². The predicted octanol–water partition coefficient (Wildman–Crippen LogP) is 20.3. The van der Waals surface area contributed by atoms with Gasteiger partial charge in [0, 0.05) is 19.5 Å². The Bertz CT molecular complexity index is 3250. The van der Waals surface area contributed by atoms with E-state index in [1.165, 1.54) is 194 Å². The monoisotopic (exact) mass is 1610 g/mol. The number of unbranched alkanes of at least 4 members (excludes halogenated alkanes) is 16. The summed E-state index contributed by atoms with van der Waals surface area (Å²) in [4.78, 5) is 9.74. The molecule has 570 valence electrons. The fraction of sp³-hybridized carbons (Fsp3) is 0.354. The molecule has 9 aromatic rings. The smallest absolute Gasteiger partial charge is 0.146 e. The van der Waals surface area contributed by atoms with Gasteiger partial charge in [-0.2, -0.15) is 0 Å². The molecule has 0 saturated heterocycles. The number of benzene rings is 9. The molecule has 0 aliphatic heterocycles. The van der Waals surface area contributed by atoms with Gasteiger partial charge in [-0.15, -0.1) is 0 Å². The summed E-state index contributed by atoms with van der Waals surface area (Å²) in [5.41, 5.74) is 0. The largest absolute Gasteiger partial charge is 1.00 e. The first-order valence-corrected chi connectivity index (χ1v) is 45.3. The van der Waals surface area contributed by atoms with E-state index in [0.29, 0.717) is 20.2 Å². The summed E-state index contributed by atoms with van der Waals surface area (Å²) in [6.45, 7) is 9.35. The molecule has 9 rings (SSSR count). The molecule has 0 N–H and O–H groups in total. The van der Waals surface area contributed by atoms with Gasteiger partial charge in [0.15, 0.2) is 0 Å². The molecular weight excluding hydrogens is 1490 g/mol. The van der Waals surface area contributed by atoms with Crippen LogP contribution in [0.3, 0.4) is 0 Å². The molecule has 0 unspecified atom stereocenters. The lowest BCUT2D eigenvalue weighted by atomic mass is 10.1. The number of hydrogen-bond donors (Lipinski definition) is 0. The van der Waals surface area contributed by atoms with Gasteiger partial charge in [-0.05, 0) is 147 Å². The van der Waals surface area contributed by atoms with E-state index >= 15 is 0 Å². The number of ether oxygens (including phenoxy) is 4. The SMILES string of the molecule is CCCCCC/C=C\C=C\CCOCOC.CCCCCCC=P(c1ccccc1)(c1ccccc1)c1ccccc1.CCCCCCCBr.CCCCCCC[P+](c1ccccc1)(c1ccccc1)c1ccccc1.COCOCC/C=C/C=O.[Br-].c1ccc(P(c2ccccc2)c2ccccc2)cc1. The van der Waals surface area contributed by atoms with Gasteiger partial charge >= 0.3 is 0 Å². The molecule has 0 radical (unpaired) electrons. The van der Waals surface area contributed by atoms with Crippen LogP contribution in [0.4, 0.5) is 0 Å². The molecule has 0 amide bonds. The fourth-order valence-corrected chi connectivity index (χ4v) is 23.2. The molecule has 106 heavy (non-hydrogen) atoms. The van der Waals surface area contributed by atoms with Gasteiger partial charge in [-0.3, -0.25) is 4.79 Å². The van der Waals surface area contributed by atoms with Crippen LogP contribution >= 0.6 is 38.0 Å². The second kappa shape index (κ2) is 64.8. The van der Waals surface area contributed by atoms with Gasteiger partial charge < -0.3 is 35.9 Å². The minimum absolute atomic E-state index is 0. The Morgan fingerprint density at radius 1 is 0.349 bits per heavy atom. The van der Waals surface area contributed by atoms with E-state index in [1.54, 1.807) is 20.3 Å². The molecule has 0 atom stereocenters. The molecule has 0 aliphatic rings. The average Bonchev–Trinajstić information content (AvgIpc) is 0.769. The lowest BCUT2D eigenvalue weighted by Crippen LogP contribution is -3.00. The maximum absolute atomic E-state index is 9.74. The summed E-state index contributed by atoms with van der Waals surface area (Å²) in [5, 5.41) is 14.2. The van der Waals surface area contributed by atoms with Crippen molar-refractivity contribution in [3.63, 3.8) is 0 Å². The molecule has 0 heterocycles. The Kier molecular flexibility index (Phi) is 57.5. The van der Waals surface area contributed by atoms with Crippen LogP contribution in [0.25, 0.3) is 0 Å².